The lowest BCUT2D eigenvalue weighted by Gasteiger charge is -2.10. The summed E-state index contributed by atoms with van der Waals surface area (Å²) in [5.41, 5.74) is 3.14. The first kappa shape index (κ1) is 21.5. The largest absolute Gasteiger partial charge is 0.447 e. The van der Waals surface area contributed by atoms with Crippen molar-refractivity contribution >= 4 is 33.0 Å². The van der Waals surface area contributed by atoms with E-state index in [1.807, 2.05) is 31.2 Å². The highest BCUT2D eigenvalue weighted by molar-refractivity contribution is 7.92. The van der Waals surface area contributed by atoms with Crippen LogP contribution >= 0.6 is 11.3 Å². The summed E-state index contributed by atoms with van der Waals surface area (Å²) in [4.78, 5) is 17.5. The van der Waals surface area contributed by atoms with Gasteiger partial charge in [0, 0.05) is 23.0 Å². The topological polar surface area (TPSA) is 85.4 Å². The smallest absolute Gasteiger partial charge is 0.411 e. The third-order valence-electron chi connectivity index (χ3n) is 4.90. The number of benzene rings is 2. The Bertz CT molecular complexity index is 1210. The van der Waals surface area contributed by atoms with Crippen molar-refractivity contribution in [2.45, 2.75) is 49.9 Å². The van der Waals surface area contributed by atoms with Gasteiger partial charge in [-0.1, -0.05) is 12.1 Å². The molecule has 1 saturated carbocycles. The van der Waals surface area contributed by atoms with Crippen molar-refractivity contribution in [1.29, 1.82) is 0 Å². The molecule has 0 radical (unpaired) electrons. The monoisotopic (exact) mass is 456 g/mol. The second-order valence-electron chi connectivity index (χ2n) is 7.93. The molecule has 1 heterocycles. The third-order valence-corrected chi connectivity index (χ3v) is 8.28. The molecule has 0 aliphatic heterocycles. The lowest BCUT2D eigenvalue weighted by Crippen LogP contribution is -2.17. The molecule has 31 heavy (non-hydrogen) atoms. The molecule has 0 spiro atoms. The quantitative estimate of drug-likeness (QED) is 0.516. The molecule has 162 valence electrons. The fraction of sp³-hybridized carbons (Fsp3) is 0.304. The lowest BCUT2D eigenvalue weighted by atomic mass is 10.1. The van der Waals surface area contributed by atoms with E-state index in [0.717, 1.165) is 33.9 Å². The number of carbonyl (C=O) groups is 1. The van der Waals surface area contributed by atoms with Crippen LogP contribution in [-0.2, 0) is 14.6 Å². The maximum absolute atomic E-state index is 12.9. The second-order valence-corrected chi connectivity index (χ2v) is 11.2. The molecule has 1 amide bonds. The highest BCUT2D eigenvalue weighted by Crippen LogP contribution is 2.41. The molecule has 1 aliphatic carbocycles. The number of hydrogen-bond donors (Lipinski definition) is 1. The van der Waals surface area contributed by atoms with E-state index in [4.69, 9.17) is 4.74 Å². The summed E-state index contributed by atoms with van der Waals surface area (Å²) in [7, 11) is -3.32. The van der Waals surface area contributed by atoms with E-state index >= 15 is 0 Å². The van der Waals surface area contributed by atoms with Crippen molar-refractivity contribution in [3.8, 4) is 21.0 Å². The highest BCUT2D eigenvalue weighted by Gasteiger charge is 2.38. The number of anilines is 1. The Hall–Kier alpha value is -2.71. The van der Waals surface area contributed by atoms with Gasteiger partial charge >= 0.3 is 6.09 Å². The van der Waals surface area contributed by atoms with Gasteiger partial charge in [-0.25, -0.2) is 18.2 Å². The Morgan fingerprint density at radius 1 is 1.16 bits per heavy atom. The van der Waals surface area contributed by atoms with E-state index in [-0.39, 0.29) is 11.4 Å². The molecule has 6 nitrogen and oxygen atoms in total. The number of carbonyl (C=O) groups excluding carboxylic acids is 1. The molecule has 0 saturated heterocycles. The van der Waals surface area contributed by atoms with Crippen LogP contribution in [0.5, 0.6) is 0 Å². The van der Waals surface area contributed by atoms with Gasteiger partial charge in [-0.15, -0.1) is 11.3 Å². The minimum Gasteiger partial charge on any atom is -0.447 e. The lowest BCUT2D eigenvalue weighted by molar-refractivity contribution is 0.130. The third kappa shape index (κ3) is 4.80. The van der Waals surface area contributed by atoms with Gasteiger partial charge in [-0.05, 0) is 69.5 Å². The summed E-state index contributed by atoms with van der Waals surface area (Å²) in [6.45, 7) is 5.48. The number of nitrogens with zero attached hydrogens (tertiary/aromatic N) is 1. The first-order valence-corrected chi connectivity index (χ1v) is 12.5. The van der Waals surface area contributed by atoms with Crippen LogP contribution < -0.4 is 5.32 Å². The summed E-state index contributed by atoms with van der Waals surface area (Å²) in [5, 5.41) is 3.20. The average Bonchev–Trinajstić information content (AvgIpc) is 3.47. The van der Waals surface area contributed by atoms with Gasteiger partial charge in [0.25, 0.3) is 0 Å². The fourth-order valence-electron chi connectivity index (χ4n) is 3.22. The standard InChI is InChI=1S/C23H24N2O4S2/c1-14(2)29-23(26)25-17-7-5-16(6-8-17)22-24-13-20(30-22)19-11-4-15(3)12-21(19)31(27,28)18-9-10-18/h4-8,11-14,18H,9-10H2,1-3H3,(H,25,26). The molecule has 1 N–H and O–H groups in total. The van der Waals surface area contributed by atoms with Crippen LogP contribution in [0.25, 0.3) is 21.0 Å². The zero-order valence-corrected chi connectivity index (χ0v) is 19.2. The fourth-order valence-corrected chi connectivity index (χ4v) is 6.19. The summed E-state index contributed by atoms with van der Waals surface area (Å²) < 4.78 is 31.0. The summed E-state index contributed by atoms with van der Waals surface area (Å²) in [6, 6.07) is 12.9. The van der Waals surface area contributed by atoms with E-state index in [1.54, 1.807) is 38.2 Å². The SMILES string of the molecule is Cc1ccc(-c2cnc(-c3ccc(NC(=O)OC(C)C)cc3)s2)c(S(=O)(=O)C2CC2)c1. The predicted molar refractivity (Wildman–Crippen MR) is 123 cm³/mol. The number of ether oxygens (including phenoxy) is 1. The number of aryl methyl sites for hydroxylation is 1. The average molecular weight is 457 g/mol. The van der Waals surface area contributed by atoms with Crippen molar-refractivity contribution in [3.63, 3.8) is 0 Å². The maximum atomic E-state index is 12.9. The Morgan fingerprint density at radius 2 is 1.87 bits per heavy atom. The van der Waals surface area contributed by atoms with Crippen molar-refractivity contribution in [2.24, 2.45) is 0 Å². The molecular weight excluding hydrogens is 432 g/mol. The normalized spacial score (nSPS) is 13.9. The van der Waals surface area contributed by atoms with Crippen LogP contribution in [0.3, 0.4) is 0 Å². The van der Waals surface area contributed by atoms with Crippen LogP contribution in [-0.4, -0.2) is 30.8 Å². The number of sulfone groups is 1. The van der Waals surface area contributed by atoms with Gasteiger partial charge < -0.3 is 4.74 Å². The van der Waals surface area contributed by atoms with Crippen molar-refractivity contribution in [3.05, 3.63) is 54.2 Å². The maximum Gasteiger partial charge on any atom is 0.411 e. The first-order chi connectivity index (χ1) is 14.7. The number of nitrogens with one attached hydrogen (secondary N) is 1. The molecular formula is C23H24N2O4S2. The van der Waals surface area contributed by atoms with Gasteiger partial charge in [0.05, 0.1) is 21.1 Å². The van der Waals surface area contributed by atoms with Crippen molar-refractivity contribution < 1.29 is 17.9 Å². The second kappa shape index (κ2) is 8.43. The predicted octanol–water partition coefficient (Wildman–Crippen LogP) is 5.68. The molecule has 1 aliphatic rings. The van der Waals surface area contributed by atoms with Crippen LogP contribution in [0, 0.1) is 6.92 Å². The zero-order chi connectivity index (χ0) is 22.2. The molecule has 0 unspecified atom stereocenters. The number of aromatic nitrogens is 1. The molecule has 8 heteroatoms. The molecule has 1 aromatic heterocycles. The molecule has 3 aromatic rings. The molecule has 2 aromatic carbocycles. The van der Waals surface area contributed by atoms with E-state index < -0.39 is 15.9 Å². The van der Waals surface area contributed by atoms with Crippen LogP contribution in [0.2, 0.25) is 0 Å². The molecule has 0 atom stereocenters. The summed E-state index contributed by atoms with van der Waals surface area (Å²) in [5.74, 6) is 0. The summed E-state index contributed by atoms with van der Waals surface area (Å²) >= 11 is 1.45. The number of rotatable bonds is 6. The highest BCUT2D eigenvalue weighted by atomic mass is 32.2. The van der Waals surface area contributed by atoms with Gasteiger partial charge in [0.2, 0.25) is 0 Å². The van der Waals surface area contributed by atoms with E-state index in [2.05, 4.69) is 10.3 Å². The van der Waals surface area contributed by atoms with Crippen LogP contribution in [0.4, 0.5) is 10.5 Å². The molecule has 1 fully saturated rings. The Kier molecular flexibility index (Phi) is 5.85. The van der Waals surface area contributed by atoms with Crippen LogP contribution in [0.15, 0.2) is 53.6 Å². The Balaban J connectivity index is 1.59. The number of amides is 1. The Morgan fingerprint density at radius 3 is 2.52 bits per heavy atom. The molecule has 4 rings (SSSR count). The van der Waals surface area contributed by atoms with Crippen molar-refractivity contribution in [1.82, 2.24) is 4.98 Å². The van der Waals surface area contributed by atoms with E-state index in [9.17, 15) is 13.2 Å². The van der Waals surface area contributed by atoms with Gasteiger partial charge in [0.1, 0.15) is 5.01 Å². The van der Waals surface area contributed by atoms with Gasteiger partial charge in [-0.2, -0.15) is 0 Å². The molecule has 0 bridgehead atoms. The van der Waals surface area contributed by atoms with Gasteiger partial charge in [0.15, 0.2) is 9.84 Å². The van der Waals surface area contributed by atoms with Crippen LogP contribution in [0.1, 0.15) is 32.3 Å². The first-order valence-electron chi connectivity index (χ1n) is 10.1. The van der Waals surface area contributed by atoms with Gasteiger partial charge in [-0.3, -0.25) is 5.32 Å². The number of hydrogen-bond acceptors (Lipinski definition) is 6. The Labute approximate surface area is 186 Å². The summed E-state index contributed by atoms with van der Waals surface area (Å²) in [6.07, 6.45) is 2.50. The minimum atomic E-state index is -3.32. The zero-order valence-electron chi connectivity index (χ0n) is 17.6. The minimum absolute atomic E-state index is 0.191. The number of thiazole rings is 1. The van der Waals surface area contributed by atoms with E-state index in [0.29, 0.717) is 16.1 Å². The van der Waals surface area contributed by atoms with Crippen molar-refractivity contribution in [2.75, 3.05) is 5.32 Å². The van der Waals surface area contributed by atoms with E-state index in [1.165, 1.54) is 11.3 Å².